The van der Waals surface area contributed by atoms with E-state index >= 15 is 0 Å². The largest absolute Gasteiger partial charge is 0.495 e. The Morgan fingerprint density at radius 3 is 2.81 bits per heavy atom. The summed E-state index contributed by atoms with van der Waals surface area (Å²) < 4.78 is 32.0. The van der Waals surface area contributed by atoms with Crippen molar-refractivity contribution in [2.45, 2.75) is 18.9 Å². The Labute approximate surface area is 97.5 Å². The predicted octanol–water partition coefficient (Wildman–Crippen LogP) is 3.05. The number of benzene rings is 1. The molecule has 5 heteroatoms. The molecule has 0 aromatic heterocycles. The van der Waals surface area contributed by atoms with Gasteiger partial charge in [-0.25, -0.2) is 8.78 Å². The fourth-order valence-electron chi connectivity index (χ4n) is 2.05. The monoisotopic (exact) mass is 247 g/mol. The highest BCUT2D eigenvalue weighted by molar-refractivity contribution is 6.32. The molecule has 1 saturated heterocycles. The molecule has 1 atom stereocenters. The third-order valence-electron chi connectivity index (χ3n) is 2.77. The molecule has 1 unspecified atom stereocenters. The van der Waals surface area contributed by atoms with Crippen molar-refractivity contribution in [2.75, 3.05) is 13.7 Å². The lowest BCUT2D eigenvalue weighted by Crippen LogP contribution is -2.16. The van der Waals surface area contributed by atoms with Crippen molar-refractivity contribution in [1.29, 1.82) is 0 Å². The molecule has 0 aliphatic carbocycles. The zero-order valence-corrected chi connectivity index (χ0v) is 9.57. The maximum atomic E-state index is 13.7. The number of halogens is 3. The lowest BCUT2D eigenvalue weighted by Gasteiger charge is -2.17. The second-order valence-electron chi connectivity index (χ2n) is 3.75. The van der Waals surface area contributed by atoms with Crippen molar-refractivity contribution in [3.05, 3.63) is 28.3 Å². The van der Waals surface area contributed by atoms with Gasteiger partial charge in [0.1, 0.15) is 5.75 Å². The number of methoxy groups -OCH3 is 1. The second kappa shape index (κ2) is 4.55. The first-order valence-electron chi connectivity index (χ1n) is 5.10. The average molecular weight is 248 g/mol. The molecule has 0 spiro atoms. The SMILES string of the molecule is COc1c(Cl)cc(F)c(F)c1C1CCCN1. The van der Waals surface area contributed by atoms with Gasteiger partial charge in [-0.2, -0.15) is 0 Å². The van der Waals surface area contributed by atoms with Gasteiger partial charge in [-0.05, 0) is 25.5 Å². The van der Waals surface area contributed by atoms with Crippen LogP contribution in [0.1, 0.15) is 24.4 Å². The Kier molecular flexibility index (Phi) is 3.30. The molecule has 0 amide bonds. The van der Waals surface area contributed by atoms with Crippen LogP contribution in [0, 0.1) is 11.6 Å². The van der Waals surface area contributed by atoms with Crippen molar-refractivity contribution >= 4 is 11.6 Å². The minimum atomic E-state index is -0.936. The number of rotatable bonds is 2. The Balaban J connectivity index is 2.54. The van der Waals surface area contributed by atoms with Crippen LogP contribution in [0.4, 0.5) is 8.78 Å². The van der Waals surface area contributed by atoms with Crippen molar-refractivity contribution < 1.29 is 13.5 Å². The number of nitrogens with one attached hydrogen (secondary N) is 1. The van der Waals surface area contributed by atoms with Crippen LogP contribution in [0.25, 0.3) is 0 Å². The third-order valence-corrected chi connectivity index (χ3v) is 3.05. The van der Waals surface area contributed by atoms with Gasteiger partial charge in [0.05, 0.1) is 17.7 Å². The summed E-state index contributed by atoms with van der Waals surface area (Å²) in [6.07, 6.45) is 1.69. The number of hydrogen-bond acceptors (Lipinski definition) is 2. The summed E-state index contributed by atoms with van der Waals surface area (Å²) in [7, 11) is 1.40. The van der Waals surface area contributed by atoms with E-state index in [4.69, 9.17) is 16.3 Å². The smallest absolute Gasteiger partial charge is 0.167 e. The van der Waals surface area contributed by atoms with Crippen LogP contribution in [0.2, 0.25) is 5.02 Å². The first-order chi connectivity index (χ1) is 7.65. The van der Waals surface area contributed by atoms with Gasteiger partial charge >= 0.3 is 0 Å². The lowest BCUT2D eigenvalue weighted by molar-refractivity contribution is 0.388. The van der Waals surface area contributed by atoms with Crippen molar-refractivity contribution in [1.82, 2.24) is 5.32 Å². The van der Waals surface area contributed by atoms with Crippen LogP contribution >= 0.6 is 11.6 Å². The van der Waals surface area contributed by atoms with Crippen molar-refractivity contribution in [3.8, 4) is 5.75 Å². The highest BCUT2D eigenvalue weighted by Crippen LogP contribution is 2.38. The molecule has 1 aromatic rings. The summed E-state index contributed by atoms with van der Waals surface area (Å²) >= 11 is 5.83. The quantitative estimate of drug-likeness (QED) is 0.811. The summed E-state index contributed by atoms with van der Waals surface area (Å²) in [6.45, 7) is 0.793. The van der Waals surface area contributed by atoms with Crippen LogP contribution in [0.5, 0.6) is 5.75 Å². The van der Waals surface area contributed by atoms with Gasteiger partial charge in [0.2, 0.25) is 0 Å². The van der Waals surface area contributed by atoms with Gasteiger partial charge in [-0.3, -0.25) is 0 Å². The van der Waals surface area contributed by atoms with E-state index in [1.165, 1.54) is 7.11 Å². The fraction of sp³-hybridized carbons (Fsp3) is 0.455. The van der Waals surface area contributed by atoms with E-state index in [0.717, 1.165) is 25.5 Å². The van der Waals surface area contributed by atoms with Crippen molar-refractivity contribution in [2.24, 2.45) is 0 Å². The van der Waals surface area contributed by atoms with E-state index in [1.807, 2.05) is 0 Å². The molecule has 2 rings (SSSR count). The first-order valence-corrected chi connectivity index (χ1v) is 5.47. The summed E-state index contributed by atoms with van der Waals surface area (Å²) in [4.78, 5) is 0. The molecule has 1 fully saturated rings. The van der Waals surface area contributed by atoms with Crippen LogP contribution in [-0.4, -0.2) is 13.7 Å². The molecule has 1 aliphatic heterocycles. The highest BCUT2D eigenvalue weighted by Gasteiger charge is 2.27. The topological polar surface area (TPSA) is 21.3 Å². The van der Waals surface area contributed by atoms with Gasteiger partial charge in [-0.15, -0.1) is 0 Å². The van der Waals surface area contributed by atoms with E-state index in [-0.39, 0.29) is 22.4 Å². The Morgan fingerprint density at radius 1 is 1.50 bits per heavy atom. The minimum absolute atomic E-state index is 0.102. The summed E-state index contributed by atoms with van der Waals surface area (Å²) in [5.74, 6) is -1.59. The van der Waals surface area contributed by atoms with Gasteiger partial charge in [0.15, 0.2) is 11.6 Å². The molecule has 0 bridgehead atoms. The molecule has 0 radical (unpaired) electrons. The lowest BCUT2D eigenvalue weighted by atomic mass is 10.0. The standard InChI is InChI=1S/C11H12ClF2NO/c1-16-11-6(12)5-7(13)10(14)9(11)8-3-2-4-15-8/h5,8,15H,2-4H2,1H3. The van der Waals surface area contributed by atoms with Crippen LogP contribution < -0.4 is 10.1 Å². The molecule has 0 saturated carbocycles. The second-order valence-corrected chi connectivity index (χ2v) is 4.16. The Bertz CT molecular complexity index is 405. The molecule has 1 aliphatic rings. The molecule has 1 N–H and O–H groups in total. The predicted molar refractivity (Wildman–Crippen MR) is 57.9 cm³/mol. The molecule has 2 nitrogen and oxygen atoms in total. The Hall–Kier alpha value is -0.870. The molecule has 88 valence electrons. The van der Waals surface area contributed by atoms with Crippen LogP contribution in [-0.2, 0) is 0 Å². The van der Waals surface area contributed by atoms with Gasteiger partial charge in [0, 0.05) is 6.04 Å². The zero-order chi connectivity index (χ0) is 11.7. The molecular formula is C11H12ClF2NO. The number of hydrogen-bond donors (Lipinski definition) is 1. The maximum absolute atomic E-state index is 13.7. The average Bonchev–Trinajstić information content (AvgIpc) is 2.76. The number of ether oxygens (including phenoxy) is 1. The Morgan fingerprint density at radius 2 is 2.25 bits per heavy atom. The summed E-state index contributed by atoms with van der Waals surface area (Å²) in [5, 5.41) is 3.20. The zero-order valence-electron chi connectivity index (χ0n) is 8.82. The first kappa shape index (κ1) is 11.6. The molecule has 16 heavy (non-hydrogen) atoms. The highest BCUT2D eigenvalue weighted by atomic mass is 35.5. The van der Waals surface area contributed by atoms with E-state index in [0.29, 0.717) is 0 Å². The molecule has 1 heterocycles. The molecule has 1 aromatic carbocycles. The molecular weight excluding hydrogens is 236 g/mol. The minimum Gasteiger partial charge on any atom is -0.495 e. The fourth-order valence-corrected chi connectivity index (χ4v) is 2.32. The maximum Gasteiger partial charge on any atom is 0.167 e. The van der Waals surface area contributed by atoms with Gasteiger partial charge in [0.25, 0.3) is 0 Å². The normalized spacial score (nSPS) is 20.1. The van der Waals surface area contributed by atoms with E-state index in [2.05, 4.69) is 5.32 Å². The van der Waals surface area contributed by atoms with E-state index in [1.54, 1.807) is 0 Å². The van der Waals surface area contributed by atoms with Crippen LogP contribution in [0.15, 0.2) is 6.07 Å². The van der Waals surface area contributed by atoms with Crippen molar-refractivity contribution in [3.63, 3.8) is 0 Å². The van der Waals surface area contributed by atoms with E-state index < -0.39 is 11.6 Å². The van der Waals surface area contributed by atoms with Crippen LogP contribution in [0.3, 0.4) is 0 Å². The van der Waals surface area contributed by atoms with Gasteiger partial charge < -0.3 is 10.1 Å². The summed E-state index contributed by atoms with van der Waals surface area (Å²) in [5.41, 5.74) is 0.199. The summed E-state index contributed by atoms with van der Waals surface area (Å²) in [6, 6.07) is 0.719. The van der Waals surface area contributed by atoms with E-state index in [9.17, 15) is 8.78 Å². The third kappa shape index (κ3) is 1.87. The van der Waals surface area contributed by atoms with Gasteiger partial charge in [-0.1, -0.05) is 11.6 Å².